The van der Waals surface area contributed by atoms with Crippen molar-refractivity contribution in [1.29, 1.82) is 0 Å². The van der Waals surface area contributed by atoms with Crippen LogP contribution >= 0.6 is 0 Å². The van der Waals surface area contributed by atoms with Gasteiger partial charge in [0.2, 0.25) is 11.7 Å². The summed E-state index contributed by atoms with van der Waals surface area (Å²) in [7, 11) is 0. The Bertz CT molecular complexity index is 1450. The fourth-order valence-electron chi connectivity index (χ4n) is 3.65. The predicted molar refractivity (Wildman–Crippen MR) is 124 cm³/mol. The number of nitrogens with zero attached hydrogens (tertiary/aromatic N) is 5. The zero-order valence-electron chi connectivity index (χ0n) is 18.4. The summed E-state index contributed by atoms with van der Waals surface area (Å²) in [5, 5.41) is 8.60. The highest BCUT2D eigenvalue weighted by atomic mass is 16.5. The summed E-state index contributed by atoms with van der Waals surface area (Å²) in [5.74, 6) is 1.67. The third kappa shape index (κ3) is 4.15. The van der Waals surface area contributed by atoms with Gasteiger partial charge in [-0.25, -0.2) is 4.52 Å². The average Bonchev–Trinajstić information content (AvgIpc) is 3.50. The van der Waals surface area contributed by atoms with Crippen molar-refractivity contribution in [2.45, 2.75) is 26.8 Å². The Kier molecular flexibility index (Phi) is 5.48. The van der Waals surface area contributed by atoms with Crippen molar-refractivity contribution in [2.75, 3.05) is 6.61 Å². The van der Waals surface area contributed by atoms with Gasteiger partial charge in [-0.3, -0.25) is 4.79 Å². The van der Waals surface area contributed by atoms with Gasteiger partial charge in [0.15, 0.2) is 0 Å². The van der Waals surface area contributed by atoms with Crippen molar-refractivity contribution in [2.24, 2.45) is 0 Å². The van der Waals surface area contributed by atoms with Gasteiger partial charge in [-0.15, -0.1) is 0 Å². The molecule has 2 aromatic carbocycles. The van der Waals surface area contributed by atoms with Crippen LogP contribution in [0.15, 0.2) is 76.3 Å². The van der Waals surface area contributed by atoms with E-state index in [1.807, 2.05) is 55.5 Å². The molecule has 0 spiro atoms. The second-order valence-electron chi connectivity index (χ2n) is 7.61. The lowest BCUT2D eigenvalue weighted by molar-refractivity contribution is 0.340. The van der Waals surface area contributed by atoms with Crippen LogP contribution in [0.2, 0.25) is 0 Å². The number of benzene rings is 2. The van der Waals surface area contributed by atoms with Gasteiger partial charge in [-0.1, -0.05) is 36.3 Å². The minimum atomic E-state index is -0.186. The Morgan fingerprint density at radius 1 is 0.970 bits per heavy atom. The molecular formula is C25H23N5O3. The molecule has 0 N–H and O–H groups in total. The van der Waals surface area contributed by atoms with Crippen LogP contribution in [0.1, 0.15) is 25.3 Å². The van der Waals surface area contributed by atoms with E-state index in [0.29, 0.717) is 29.5 Å². The summed E-state index contributed by atoms with van der Waals surface area (Å²) in [6.07, 6.45) is 4.39. The summed E-state index contributed by atoms with van der Waals surface area (Å²) >= 11 is 0. The maximum absolute atomic E-state index is 13.1. The fourth-order valence-corrected chi connectivity index (χ4v) is 3.65. The molecular weight excluding hydrogens is 418 g/mol. The standard InChI is InChI=1S/C25H23N5O3/c1-3-17-5-7-19(8-6-17)24-26-23(33-28-24)16-29-13-14-30-22(25(29)31)15-21(27-30)18-9-11-20(12-10-18)32-4-2/h5-15H,3-4,16H2,1-2H3. The zero-order valence-corrected chi connectivity index (χ0v) is 18.4. The second-order valence-corrected chi connectivity index (χ2v) is 7.61. The van der Waals surface area contributed by atoms with Gasteiger partial charge in [0.05, 0.1) is 12.3 Å². The van der Waals surface area contributed by atoms with Gasteiger partial charge in [-0.05, 0) is 49.2 Å². The molecule has 5 rings (SSSR count). The van der Waals surface area contributed by atoms with E-state index in [4.69, 9.17) is 9.26 Å². The van der Waals surface area contributed by atoms with E-state index in [2.05, 4.69) is 22.2 Å². The summed E-state index contributed by atoms with van der Waals surface area (Å²) < 4.78 is 14.0. The van der Waals surface area contributed by atoms with E-state index in [1.54, 1.807) is 23.0 Å². The predicted octanol–water partition coefficient (Wildman–Crippen LogP) is 4.22. The first-order chi connectivity index (χ1) is 16.1. The number of ether oxygens (including phenoxy) is 1. The molecule has 166 valence electrons. The van der Waals surface area contributed by atoms with Crippen molar-refractivity contribution < 1.29 is 9.26 Å². The Morgan fingerprint density at radius 3 is 2.45 bits per heavy atom. The molecule has 3 aromatic heterocycles. The molecule has 0 aliphatic heterocycles. The first kappa shape index (κ1) is 20.7. The van der Waals surface area contributed by atoms with Crippen molar-refractivity contribution in [3.63, 3.8) is 0 Å². The number of rotatable bonds is 7. The van der Waals surface area contributed by atoms with E-state index in [0.717, 1.165) is 23.3 Å². The highest BCUT2D eigenvalue weighted by molar-refractivity contribution is 5.66. The van der Waals surface area contributed by atoms with Crippen molar-refractivity contribution >= 4 is 5.52 Å². The van der Waals surface area contributed by atoms with Gasteiger partial charge in [0, 0.05) is 23.5 Å². The van der Waals surface area contributed by atoms with E-state index in [1.165, 1.54) is 10.1 Å². The van der Waals surface area contributed by atoms with Crippen LogP contribution in [0.3, 0.4) is 0 Å². The molecule has 0 radical (unpaired) electrons. The molecule has 0 atom stereocenters. The number of hydrogen-bond acceptors (Lipinski definition) is 6. The number of aryl methyl sites for hydroxylation is 1. The average molecular weight is 441 g/mol. The van der Waals surface area contributed by atoms with Crippen LogP contribution in [0, 0.1) is 0 Å². The summed E-state index contributed by atoms with van der Waals surface area (Å²) in [4.78, 5) is 17.5. The Morgan fingerprint density at radius 2 is 1.73 bits per heavy atom. The van der Waals surface area contributed by atoms with Crippen molar-refractivity contribution in [1.82, 2.24) is 24.3 Å². The Hall–Kier alpha value is -4.20. The molecule has 0 unspecified atom stereocenters. The lowest BCUT2D eigenvalue weighted by Gasteiger charge is -2.02. The van der Waals surface area contributed by atoms with Crippen LogP contribution in [-0.4, -0.2) is 30.9 Å². The third-order valence-corrected chi connectivity index (χ3v) is 5.46. The molecule has 8 heteroatoms. The maximum atomic E-state index is 13.1. The van der Waals surface area contributed by atoms with Crippen LogP contribution in [0.5, 0.6) is 5.75 Å². The molecule has 0 fully saturated rings. The molecule has 0 amide bonds. The lowest BCUT2D eigenvalue weighted by Crippen LogP contribution is -2.21. The SMILES string of the molecule is CCOc1ccc(-c2cc3c(=O)n(Cc4nc(-c5ccc(CC)cc5)no4)ccn3n2)cc1. The fraction of sp³-hybridized carbons (Fsp3) is 0.200. The van der Waals surface area contributed by atoms with Crippen molar-refractivity contribution in [3.05, 3.63) is 88.8 Å². The monoisotopic (exact) mass is 441 g/mol. The van der Waals surface area contributed by atoms with Crippen LogP contribution in [-0.2, 0) is 13.0 Å². The first-order valence-corrected chi connectivity index (χ1v) is 10.9. The molecule has 33 heavy (non-hydrogen) atoms. The van der Waals surface area contributed by atoms with Crippen molar-refractivity contribution in [3.8, 4) is 28.4 Å². The quantitative estimate of drug-likeness (QED) is 0.376. The number of aromatic nitrogens is 5. The van der Waals surface area contributed by atoms with Gasteiger partial charge < -0.3 is 13.8 Å². The highest BCUT2D eigenvalue weighted by Crippen LogP contribution is 2.22. The van der Waals surface area contributed by atoms with Gasteiger partial charge in [-0.2, -0.15) is 10.1 Å². The minimum absolute atomic E-state index is 0.180. The van der Waals surface area contributed by atoms with Crippen LogP contribution < -0.4 is 10.3 Å². The van der Waals surface area contributed by atoms with Gasteiger partial charge in [0.1, 0.15) is 17.8 Å². The first-order valence-electron chi connectivity index (χ1n) is 10.9. The van der Waals surface area contributed by atoms with Crippen LogP contribution in [0.25, 0.3) is 28.2 Å². The van der Waals surface area contributed by atoms with Gasteiger partial charge >= 0.3 is 0 Å². The van der Waals surface area contributed by atoms with E-state index < -0.39 is 0 Å². The topological polar surface area (TPSA) is 87.5 Å². The van der Waals surface area contributed by atoms with Crippen LogP contribution in [0.4, 0.5) is 0 Å². The Labute approximate surface area is 190 Å². The summed E-state index contributed by atoms with van der Waals surface area (Å²) in [6.45, 7) is 4.84. The third-order valence-electron chi connectivity index (χ3n) is 5.46. The molecule has 8 nitrogen and oxygen atoms in total. The largest absolute Gasteiger partial charge is 0.494 e. The smallest absolute Gasteiger partial charge is 0.277 e. The van der Waals surface area contributed by atoms with Gasteiger partial charge in [0.25, 0.3) is 5.56 Å². The lowest BCUT2D eigenvalue weighted by atomic mass is 10.1. The summed E-state index contributed by atoms with van der Waals surface area (Å²) in [6, 6.07) is 17.5. The number of hydrogen-bond donors (Lipinski definition) is 0. The molecule has 3 heterocycles. The number of fused-ring (bicyclic) bond motifs is 1. The maximum Gasteiger partial charge on any atom is 0.277 e. The van der Waals surface area contributed by atoms with E-state index >= 15 is 0 Å². The molecule has 0 saturated carbocycles. The minimum Gasteiger partial charge on any atom is -0.494 e. The highest BCUT2D eigenvalue weighted by Gasteiger charge is 2.13. The van der Waals surface area contributed by atoms with E-state index in [9.17, 15) is 4.79 Å². The molecule has 0 aliphatic rings. The Balaban J connectivity index is 1.39. The zero-order chi connectivity index (χ0) is 22.8. The molecule has 5 aromatic rings. The molecule has 0 saturated heterocycles. The molecule has 0 aliphatic carbocycles. The normalized spacial score (nSPS) is 11.2. The summed E-state index contributed by atoms with van der Waals surface area (Å²) in [5.41, 5.74) is 4.02. The van der Waals surface area contributed by atoms with E-state index in [-0.39, 0.29) is 12.1 Å². The molecule has 0 bridgehead atoms. The second kappa shape index (κ2) is 8.74.